The largest absolute Gasteiger partial charge is 0.505 e. The summed E-state index contributed by atoms with van der Waals surface area (Å²) in [7, 11) is 0. The molecule has 7 heteroatoms. The maximum Gasteiger partial charge on any atom is 0.339 e. The van der Waals surface area contributed by atoms with Crippen LogP contribution in [0.25, 0.3) is 0 Å². The number of halogens is 1. The molecule has 1 aromatic carbocycles. The maximum atomic E-state index is 11.9. The summed E-state index contributed by atoms with van der Waals surface area (Å²) in [6, 6.07) is 5.65. The molecule has 2 aromatic rings. The van der Waals surface area contributed by atoms with Crippen LogP contribution in [0.15, 0.2) is 29.6 Å². The van der Waals surface area contributed by atoms with Crippen molar-refractivity contribution in [3.8, 4) is 5.75 Å². The topological polar surface area (TPSA) is 86.6 Å². The first-order valence-electron chi connectivity index (χ1n) is 5.10. The highest BCUT2D eigenvalue weighted by Gasteiger charge is 2.17. The number of anilines is 1. The second kappa shape index (κ2) is 5.29. The van der Waals surface area contributed by atoms with Crippen molar-refractivity contribution in [1.29, 1.82) is 0 Å². The highest BCUT2D eigenvalue weighted by Crippen LogP contribution is 2.29. The summed E-state index contributed by atoms with van der Waals surface area (Å²) in [5.74, 6) is -2.27. The Bertz CT molecular complexity index is 653. The monoisotopic (exact) mass is 297 g/mol. The third-order valence-electron chi connectivity index (χ3n) is 2.34. The smallest absolute Gasteiger partial charge is 0.339 e. The molecule has 0 aliphatic heterocycles. The van der Waals surface area contributed by atoms with Crippen LogP contribution in [-0.4, -0.2) is 22.1 Å². The summed E-state index contributed by atoms with van der Waals surface area (Å²) in [4.78, 5) is 23.0. The Balaban J connectivity index is 2.30. The third kappa shape index (κ3) is 2.69. The van der Waals surface area contributed by atoms with Crippen LogP contribution in [0.4, 0.5) is 5.69 Å². The summed E-state index contributed by atoms with van der Waals surface area (Å²) in [6.45, 7) is 0. The molecule has 0 atom stereocenters. The van der Waals surface area contributed by atoms with E-state index in [0.717, 1.165) is 11.3 Å². The molecule has 0 bridgehead atoms. The van der Waals surface area contributed by atoms with E-state index in [0.29, 0.717) is 9.90 Å². The minimum Gasteiger partial charge on any atom is -0.505 e. The molecule has 0 radical (unpaired) electrons. The highest BCUT2D eigenvalue weighted by molar-refractivity contribution is 7.12. The van der Waals surface area contributed by atoms with E-state index in [1.54, 1.807) is 11.4 Å². The quantitative estimate of drug-likeness (QED) is 0.760. The lowest BCUT2D eigenvalue weighted by molar-refractivity contribution is 0.0693. The van der Waals surface area contributed by atoms with Crippen LogP contribution in [0.1, 0.15) is 20.0 Å². The summed E-state index contributed by atoms with van der Waals surface area (Å²) >= 11 is 6.97. The van der Waals surface area contributed by atoms with Crippen molar-refractivity contribution in [1.82, 2.24) is 0 Å². The average molecular weight is 298 g/mol. The van der Waals surface area contributed by atoms with Gasteiger partial charge in [-0.1, -0.05) is 17.7 Å². The molecule has 0 saturated heterocycles. The van der Waals surface area contributed by atoms with Gasteiger partial charge in [0.1, 0.15) is 10.4 Å². The highest BCUT2D eigenvalue weighted by atomic mass is 35.5. The van der Waals surface area contributed by atoms with E-state index in [9.17, 15) is 14.7 Å². The van der Waals surface area contributed by atoms with Gasteiger partial charge in [-0.25, -0.2) is 4.79 Å². The van der Waals surface area contributed by atoms with Gasteiger partial charge in [0, 0.05) is 0 Å². The lowest BCUT2D eigenvalue weighted by Crippen LogP contribution is -2.11. The number of thiophene rings is 1. The summed E-state index contributed by atoms with van der Waals surface area (Å²) in [6.07, 6.45) is 0. The van der Waals surface area contributed by atoms with Crippen LogP contribution in [0.3, 0.4) is 0 Å². The molecular formula is C12H8ClNO4S. The SMILES string of the molecule is O=C(O)c1cccc(NC(=O)c2sccc2Cl)c1O. The number of carboxylic acid groups (broad SMARTS) is 1. The molecule has 1 aromatic heterocycles. The Labute approximate surface area is 117 Å². The molecule has 0 aliphatic carbocycles. The van der Waals surface area contributed by atoms with Crippen molar-refractivity contribution < 1.29 is 19.8 Å². The summed E-state index contributed by atoms with van der Waals surface area (Å²) < 4.78 is 0. The predicted octanol–water partition coefficient (Wildman–Crippen LogP) is 3.06. The number of benzene rings is 1. The van der Waals surface area contributed by atoms with Gasteiger partial charge in [-0.2, -0.15) is 0 Å². The third-order valence-corrected chi connectivity index (χ3v) is 3.68. The molecular weight excluding hydrogens is 290 g/mol. The first-order valence-corrected chi connectivity index (χ1v) is 6.36. The minimum atomic E-state index is -1.28. The second-order valence-corrected chi connectivity index (χ2v) is 4.88. The van der Waals surface area contributed by atoms with Gasteiger partial charge in [0.25, 0.3) is 5.91 Å². The molecule has 0 saturated carbocycles. The van der Waals surface area contributed by atoms with Crippen molar-refractivity contribution in [3.63, 3.8) is 0 Å². The molecule has 5 nitrogen and oxygen atoms in total. The molecule has 1 amide bonds. The van der Waals surface area contributed by atoms with Gasteiger partial charge < -0.3 is 15.5 Å². The fourth-order valence-corrected chi connectivity index (χ4v) is 2.49. The zero-order chi connectivity index (χ0) is 14.0. The van der Waals surface area contributed by atoms with Crippen molar-refractivity contribution in [2.75, 3.05) is 5.32 Å². The summed E-state index contributed by atoms with van der Waals surface area (Å²) in [5.41, 5.74) is -0.260. The molecule has 0 aliphatic rings. The number of nitrogens with one attached hydrogen (secondary N) is 1. The zero-order valence-electron chi connectivity index (χ0n) is 9.38. The Morgan fingerprint density at radius 1 is 1.26 bits per heavy atom. The van der Waals surface area contributed by atoms with Crippen LogP contribution in [0.5, 0.6) is 5.75 Å². The second-order valence-electron chi connectivity index (χ2n) is 3.56. The molecule has 1 heterocycles. The van der Waals surface area contributed by atoms with Crippen LogP contribution in [0.2, 0.25) is 5.02 Å². The Kier molecular flexibility index (Phi) is 3.73. The van der Waals surface area contributed by atoms with Gasteiger partial charge in [0.05, 0.1) is 10.7 Å². The van der Waals surface area contributed by atoms with E-state index in [4.69, 9.17) is 16.7 Å². The predicted molar refractivity (Wildman–Crippen MR) is 72.3 cm³/mol. The van der Waals surface area contributed by atoms with E-state index in [-0.39, 0.29) is 11.3 Å². The average Bonchev–Trinajstić information content (AvgIpc) is 2.77. The minimum absolute atomic E-state index is 0.0226. The molecule has 2 rings (SSSR count). The van der Waals surface area contributed by atoms with E-state index in [2.05, 4.69) is 5.32 Å². The number of carboxylic acids is 1. The first kappa shape index (κ1) is 13.4. The number of carbonyl (C=O) groups is 2. The zero-order valence-corrected chi connectivity index (χ0v) is 11.0. The van der Waals surface area contributed by atoms with Gasteiger partial charge >= 0.3 is 5.97 Å². The normalized spacial score (nSPS) is 10.2. The van der Waals surface area contributed by atoms with E-state index in [1.807, 2.05) is 0 Å². The van der Waals surface area contributed by atoms with Gasteiger partial charge in [0.2, 0.25) is 0 Å². The Morgan fingerprint density at radius 2 is 2.00 bits per heavy atom. The van der Waals surface area contributed by atoms with E-state index >= 15 is 0 Å². The number of aromatic carboxylic acids is 1. The van der Waals surface area contributed by atoms with Crippen LogP contribution < -0.4 is 5.32 Å². The molecule has 98 valence electrons. The lowest BCUT2D eigenvalue weighted by atomic mass is 10.1. The van der Waals surface area contributed by atoms with Crippen molar-refractivity contribution in [2.45, 2.75) is 0 Å². The van der Waals surface area contributed by atoms with Gasteiger partial charge in [0.15, 0.2) is 5.75 Å². The number of phenols is 1. The number of aromatic hydroxyl groups is 1. The van der Waals surface area contributed by atoms with Crippen LogP contribution in [-0.2, 0) is 0 Å². The fourth-order valence-electron chi connectivity index (χ4n) is 1.45. The van der Waals surface area contributed by atoms with E-state index in [1.165, 1.54) is 18.2 Å². The molecule has 0 unspecified atom stereocenters. The van der Waals surface area contributed by atoms with Crippen molar-refractivity contribution in [3.05, 3.63) is 45.1 Å². The number of hydrogen-bond donors (Lipinski definition) is 3. The number of amides is 1. The molecule has 0 fully saturated rings. The summed E-state index contributed by atoms with van der Waals surface area (Å²) in [5, 5.41) is 23.0. The Hall–Kier alpha value is -2.05. The molecule has 19 heavy (non-hydrogen) atoms. The van der Waals surface area contributed by atoms with Crippen LogP contribution >= 0.6 is 22.9 Å². The Morgan fingerprint density at radius 3 is 2.58 bits per heavy atom. The van der Waals surface area contributed by atoms with Gasteiger partial charge in [-0.15, -0.1) is 11.3 Å². The fraction of sp³-hybridized carbons (Fsp3) is 0. The molecule has 0 spiro atoms. The number of rotatable bonds is 3. The van der Waals surface area contributed by atoms with E-state index < -0.39 is 17.6 Å². The van der Waals surface area contributed by atoms with Gasteiger partial charge in [-0.3, -0.25) is 4.79 Å². The van der Waals surface area contributed by atoms with Crippen LogP contribution in [0, 0.1) is 0 Å². The van der Waals surface area contributed by atoms with Crippen molar-refractivity contribution in [2.24, 2.45) is 0 Å². The maximum absolute atomic E-state index is 11.9. The standard InChI is InChI=1S/C12H8ClNO4S/c13-7-4-5-19-10(7)11(16)14-8-3-1-2-6(9(8)15)12(17)18/h1-5,15H,(H,14,16)(H,17,18). The van der Waals surface area contributed by atoms with Gasteiger partial charge in [-0.05, 0) is 23.6 Å². The number of hydrogen-bond acceptors (Lipinski definition) is 4. The number of carbonyl (C=O) groups excluding carboxylic acids is 1. The lowest BCUT2D eigenvalue weighted by Gasteiger charge is -2.08. The van der Waals surface area contributed by atoms with Crippen molar-refractivity contribution >= 4 is 40.5 Å². The first-order chi connectivity index (χ1) is 9.00. The number of para-hydroxylation sites is 1. The molecule has 3 N–H and O–H groups in total.